The topological polar surface area (TPSA) is 34.1 Å². The van der Waals surface area contributed by atoms with Crippen LogP contribution in [0.25, 0.3) is 0 Å². The number of rotatable bonds is 0. The van der Waals surface area contributed by atoms with Gasteiger partial charge in [0.15, 0.2) is 0 Å². The van der Waals surface area contributed by atoms with E-state index in [1.165, 1.54) is 0 Å². The molecule has 0 aromatic rings. The van der Waals surface area contributed by atoms with Crippen molar-refractivity contribution in [3.05, 3.63) is 23.5 Å². The first-order chi connectivity index (χ1) is 4.70. The van der Waals surface area contributed by atoms with Gasteiger partial charge in [0.1, 0.15) is 0 Å². The van der Waals surface area contributed by atoms with Gasteiger partial charge < -0.3 is 0 Å². The van der Waals surface area contributed by atoms with E-state index >= 15 is 0 Å². The predicted molar refractivity (Wildman–Crippen MR) is 62.7 cm³/mol. The van der Waals surface area contributed by atoms with Crippen molar-refractivity contribution in [3.8, 4) is 0 Å². The Kier molecular flexibility index (Phi) is 17.9. The first-order valence-corrected chi connectivity index (χ1v) is 4.43. The second-order valence-electron chi connectivity index (χ2n) is 1.98. The molecule has 1 aliphatic rings. The van der Waals surface area contributed by atoms with Gasteiger partial charge in [-0.25, -0.2) is 0 Å². The van der Waals surface area contributed by atoms with Crippen molar-refractivity contribution in [2.45, 2.75) is 6.42 Å². The van der Waals surface area contributed by atoms with E-state index in [0.717, 1.165) is 5.31 Å². The Bertz CT molecular complexity index is 324. The molecule has 7 heteroatoms. The van der Waals surface area contributed by atoms with Crippen LogP contribution >= 0.6 is 9.24 Å². The van der Waals surface area contributed by atoms with E-state index < -0.39 is 10.3 Å². The van der Waals surface area contributed by atoms with Crippen LogP contribution in [-0.2, 0) is 10.3 Å². The largest absolute Gasteiger partial charge is 0.217 e. The molecule has 1 atom stereocenters. The van der Waals surface area contributed by atoms with Crippen molar-refractivity contribution < 1.29 is 8.42 Å². The van der Waals surface area contributed by atoms with Crippen molar-refractivity contribution in [1.29, 1.82) is 0 Å². The van der Waals surface area contributed by atoms with Crippen molar-refractivity contribution >= 4 is 113 Å². The third-order valence-corrected chi connectivity index (χ3v) is 2.29. The average molecular weight is 243 g/mol. The average Bonchev–Trinajstić information content (AvgIpc) is 1.88. The fraction of sp³-hybridized carbons (Fsp3) is 0.167. The minimum atomic E-state index is -2.05. The Morgan fingerprint density at radius 2 is 1.77 bits per heavy atom. The zero-order valence-corrected chi connectivity index (χ0v) is 16.2. The SMILES string of the molecule is O=S(=O)=C1C=CC=C(P)C1.[Na].[Na].[Na]. The van der Waals surface area contributed by atoms with Crippen LogP contribution in [0.1, 0.15) is 6.42 Å². The molecule has 3 radical (unpaired) electrons. The molecule has 0 aliphatic heterocycles. The summed E-state index contributed by atoms with van der Waals surface area (Å²) >= 11 is 0. The van der Waals surface area contributed by atoms with Crippen molar-refractivity contribution in [3.63, 3.8) is 0 Å². The van der Waals surface area contributed by atoms with Gasteiger partial charge in [0.25, 0.3) is 0 Å². The molecule has 0 aromatic heterocycles. The molecule has 0 bridgehead atoms. The Balaban J connectivity index is -0.000000333. The van der Waals surface area contributed by atoms with E-state index in [4.69, 9.17) is 0 Å². The summed E-state index contributed by atoms with van der Waals surface area (Å²) in [6.07, 6.45) is 5.74. The molecule has 0 saturated carbocycles. The Morgan fingerprint density at radius 1 is 1.23 bits per heavy atom. The summed E-state index contributed by atoms with van der Waals surface area (Å²) in [6.45, 7) is 0. The zero-order chi connectivity index (χ0) is 7.56. The summed E-state index contributed by atoms with van der Waals surface area (Å²) in [5.41, 5.74) is 0. The van der Waals surface area contributed by atoms with Crippen LogP contribution in [0.5, 0.6) is 0 Å². The zero-order valence-electron chi connectivity index (χ0n) is 8.24. The third kappa shape index (κ3) is 8.41. The molecule has 0 fully saturated rings. The van der Waals surface area contributed by atoms with Gasteiger partial charge in [-0.05, 0) is 11.4 Å². The van der Waals surface area contributed by atoms with E-state index in [1.54, 1.807) is 12.2 Å². The minimum absolute atomic E-state index is 0. The quantitative estimate of drug-likeness (QED) is 0.330. The number of hydrogen-bond acceptors (Lipinski definition) is 2. The maximum Gasteiger partial charge on any atom is 0.217 e. The van der Waals surface area contributed by atoms with Gasteiger partial charge in [0.2, 0.25) is 10.3 Å². The minimum Gasteiger partial charge on any atom is -0.184 e. The summed E-state index contributed by atoms with van der Waals surface area (Å²) in [4.78, 5) is 0.451. The van der Waals surface area contributed by atoms with Gasteiger partial charge in [-0.15, -0.1) is 9.24 Å². The predicted octanol–water partition coefficient (Wildman–Crippen LogP) is -0.386. The first-order valence-electron chi connectivity index (χ1n) is 2.78. The van der Waals surface area contributed by atoms with Crippen LogP contribution in [0, 0.1) is 0 Å². The van der Waals surface area contributed by atoms with Crippen LogP contribution in [0.3, 0.4) is 0 Å². The normalized spacial score (nSPS) is 13.0. The van der Waals surface area contributed by atoms with E-state index in [2.05, 4.69) is 9.24 Å². The van der Waals surface area contributed by atoms with Crippen LogP contribution in [0.2, 0.25) is 0 Å². The fourth-order valence-electron chi connectivity index (χ4n) is 0.713. The molecule has 2 nitrogen and oxygen atoms in total. The van der Waals surface area contributed by atoms with Crippen LogP contribution in [0.4, 0.5) is 0 Å². The summed E-state index contributed by atoms with van der Waals surface area (Å²) in [5, 5.41) is 1.00. The molecule has 0 amide bonds. The van der Waals surface area contributed by atoms with Crippen molar-refractivity contribution in [1.82, 2.24) is 0 Å². The Hall–Kier alpha value is 2.60. The fourth-order valence-corrected chi connectivity index (χ4v) is 1.67. The van der Waals surface area contributed by atoms with E-state index in [0.29, 0.717) is 11.3 Å². The first kappa shape index (κ1) is 20.9. The van der Waals surface area contributed by atoms with E-state index in [1.807, 2.05) is 6.08 Å². The second kappa shape index (κ2) is 11.1. The molecule has 1 rings (SSSR count). The Labute approximate surface area is 149 Å². The molecule has 57 valence electrons. The van der Waals surface area contributed by atoms with E-state index in [-0.39, 0.29) is 88.7 Å². The van der Waals surface area contributed by atoms with Crippen LogP contribution in [-0.4, -0.2) is 102 Å². The van der Waals surface area contributed by atoms with Gasteiger partial charge in [-0.3, -0.25) is 0 Å². The molecular formula is C6H7Na3O2PS. The summed E-state index contributed by atoms with van der Waals surface area (Å²) in [5.74, 6) is 0. The van der Waals surface area contributed by atoms with Crippen molar-refractivity contribution in [2.24, 2.45) is 0 Å². The molecule has 0 spiro atoms. The molecule has 0 N–H and O–H groups in total. The number of hydrogen-bond donors (Lipinski definition) is 0. The van der Waals surface area contributed by atoms with Gasteiger partial charge in [-0.2, -0.15) is 8.42 Å². The monoisotopic (exact) mass is 243 g/mol. The summed E-state index contributed by atoms with van der Waals surface area (Å²) in [6, 6.07) is 0. The standard InChI is InChI=1S/C6H7O2PS.3Na/c7-10(8)6-3-1-2-5(9)4-6;;;/h1-3H,4,9H2;;;. The summed E-state index contributed by atoms with van der Waals surface area (Å²) in [7, 11) is 0.444. The number of allylic oxidation sites excluding steroid dienone is 4. The molecule has 0 saturated heterocycles. The molecule has 13 heavy (non-hydrogen) atoms. The molecule has 0 aromatic carbocycles. The maximum absolute atomic E-state index is 10.4. The van der Waals surface area contributed by atoms with Gasteiger partial charge in [0.05, 0.1) is 4.86 Å². The van der Waals surface area contributed by atoms with Crippen LogP contribution < -0.4 is 0 Å². The molecular weight excluding hydrogens is 236 g/mol. The van der Waals surface area contributed by atoms with E-state index in [9.17, 15) is 8.42 Å². The van der Waals surface area contributed by atoms with Gasteiger partial charge in [-0.1, -0.05) is 12.2 Å². The molecule has 1 unspecified atom stereocenters. The van der Waals surface area contributed by atoms with Crippen LogP contribution in [0.15, 0.2) is 23.5 Å². The van der Waals surface area contributed by atoms with Gasteiger partial charge >= 0.3 is 0 Å². The smallest absolute Gasteiger partial charge is 0.184 e. The Morgan fingerprint density at radius 3 is 2.08 bits per heavy atom. The maximum atomic E-state index is 10.4. The van der Waals surface area contributed by atoms with Gasteiger partial charge in [0, 0.05) is 95.1 Å². The second-order valence-corrected chi connectivity index (χ2v) is 3.71. The molecule has 1 aliphatic carbocycles. The summed E-state index contributed by atoms with van der Waals surface area (Å²) < 4.78 is 20.8. The third-order valence-electron chi connectivity index (χ3n) is 1.18. The van der Waals surface area contributed by atoms with Crippen molar-refractivity contribution in [2.75, 3.05) is 0 Å². The molecule has 0 heterocycles.